The predicted molar refractivity (Wildman–Crippen MR) is 164 cm³/mol. The molecule has 7 nitrogen and oxygen atoms in total. The molecule has 4 aromatic carbocycles. The molecule has 1 fully saturated rings. The zero-order chi connectivity index (χ0) is 29.6. The lowest BCUT2D eigenvalue weighted by Gasteiger charge is -2.52. The monoisotopic (exact) mass is 569 g/mol. The summed E-state index contributed by atoms with van der Waals surface area (Å²) in [6.07, 6.45) is 2.75. The number of imide groups is 1. The van der Waals surface area contributed by atoms with E-state index in [2.05, 4.69) is 10.5 Å². The molecule has 2 bridgehead atoms. The van der Waals surface area contributed by atoms with E-state index in [1.165, 1.54) is 4.90 Å². The van der Waals surface area contributed by atoms with Crippen molar-refractivity contribution in [2.45, 2.75) is 31.1 Å². The van der Waals surface area contributed by atoms with Crippen LogP contribution in [0, 0.1) is 11.8 Å². The third-order valence-corrected chi connectivity index (χ3v) is 8.92. The highest BCUT2D eigenvalue weighted by Gasteiger charge is 2.68. The second kappa shape index (κ2) is 10.7. The fraction of sp³-hybridized carbons (Fsp3) is 0.222. The molecule has 1 saturated heterocycles. The summed E-state index contributed by atoms with van der Waals surface area (Å²) in [6.45, 7) is 2.63. The van der Waals surface area contributed by atoms with Gasteiger partial charge in [-0.25, -0.2) is 10.3 Å². The summed E-state index contributed by atoms with van der Waals surface area (Å²) in [5, 5.41) is 4.49. The molecule has 1 aliphatic heterocycles. The van der Waals surface area contributed by atoms with Gasteiger partial charge in [0.15, 0.2) is 0 Å². The van der Waals surface area contributed by atoms with Crippen molar-refractivity contribution < 1.29 is 19.1 Å². The summed E-state index contributed by atoms with van der Waals surface area (Å²) in [6, 6.07) is 32.6. The second-order valence-electron chi connectivity index (χ2n) is 11.3. The topological polar surface area (TPSA) is 88.1 Å². The van der Waals surface area contributed by atoms with E-state index in [0.717, 1.165) is 34.2 Å². The van der Waals surface area contributed by atoms with Crippen LogP contribution in [0.25, 0.3) is 0 Å². The van der Waals surface area contributed by atoms with Crippen LogP contribution in [0.5, 0.6) is 5.75 Å². The average Bonchev–Trinajstić information content (AvgIpc) is 3.31. The molecule has 0 saturated carbocycles. The van der Waals surface area contributed by atoms with Gasteiger partial charge in [-0.2, -0.15) is 5.10 Å². The van der Waals surface area contributed by atoms with Crippen molar-refractivity contribution >= 4 is 29.6 Å². The van der Waals surface area contributed by atoms with Crippen LogP contribution in [0.15, 0.2) is 108 Å². The third-order valence-electron chi connectivity index (χ3n) is 8.92. The summed E-state index contributed by atoms with van der Waals surface area (Å²) >= 11 is 0. The molecule has 2 atom stereocenters. The average molecular weight is 570 g/mol. The minimum atomic E-state index is -1.04. The van der Waals surface area contributed by atoms with Crippen molar-refractivity contribution in [2.75, 3.05) is 11.5 Å². The molecule has 0 spiro atoms. The maximum Gasteiger partial charge on any atom is 0.244 e. The largest absolute Gasteiger partial charge is 0.494 e. The third kappa shape index (κ3) is 4.18. The van der Waals surface area contributed by atoms with Crippen LogP contribution in [0.1, 0.15) is 47.1 Å². The molecule has 4 aromatic rings. The first kappa shape index (κ1) is 26.8. The van der Waals surface area contributed by atoms with Crippen molar-refractivity contribution in [2.24, 2.45) is 16.9 Å². The summed E-state index contributed by atoms with van der Waals surface area (Å²) in [7, 11) is 0. The van der Waals surface area contributed by atoms with Crippen molar-refractivity contribution in [1.82, 2.24) is 5.43 Å². The number of carbonyl (C=O) groups is 3. The number of benzene rings is 4. The van der Waals surface area contributed by atoms with Gasteiger partial charge in [-0.1, -0.05) is 85.8 Å². The van der Waals surface area contributed by atoms with Gasteiger partial charge in [-0.3, -0.25) is 14.4 Å². The number of carbonyl (C=O) groups excluding carboxylic acids is 3. The van der Waals surface area contributed by atoms with Gasteiger partial charge in [0.25, 0.3) is 0 Å². The Morgan fingerprint density at radius 2 is 1.49 bits per heavy atom. The van der Waals surface area contributed by atoms with E-state index in [0.29, 0.717) is 18.0 Å². The van der Waals surface area contributed by atoms with Gasteiger partial charge in [0.05, 0.1) is 36.0 Å². The Morgan fingerprint density at radius 1 is 0.860 bits per heavy atom. The van der Waals surface area contributed by atoms with Gasteiger partial charge in [0.1, 0.15) is 5.75 Å². The van der Waals surface area contributed by atoms with Crippen LogP contribution < -0.4 is 15.1 Å². The van der Waals surface area contributed by atoms with Crippen LogP contribution >= 0.6 is 0 Å². The second-order valence-corrected chi connectivity index (χ2v) is 11.3. The summed E-state index contributed by atoms with van der Waals surface area (Å²) < 4.78 is 5.73. The van der Waals surface area contributed by atoms with Gasteiger partial charge in [0, 0.05) is 12.1 Å². The van der Waals surface area contributed by atoms with E-state index in [-0.39, 0.29) is 30.1 Å². The zero-order valence-electron chi connectivity index (χ0n) is 23.8. The first-order valence-electron chi connectivity index (χ1n) is 14.7. The molecule has 0 aromatic heterocycles. The highest BCUT2D eigenvalue weighted by molar-refractivity contribution is 6.25. The number of hydrogen-bond donors (Lipinski definition) is 1. The first-order valence-corrected chi connectivity index (χ1v) is 14.7. The fourth-order valence-electron chi connectivity index (χ4n) is 7.24. The lowest BCUT2D eigenvalue weighted by Crippen LogP contribution is -2.54. The van der Waals surface area contributed by atoms with Crippen LogP contribution in [0.4, 0.5) is 5.69 Å². The highest BCUT2D eigenvalue weighted by Crippen LogP contribution is 2.63. The normalized spacial score (nSPS) is 23.2. The van der Waals surface area contributed by atoms with E-state index in [9.17, 15) is 14.4 Å². The maximum atomic E-state index is 14.5. The van der Waals surface area contributed by atoms with Gasteiger partial charge in [0.2, 0.25) is 17.7 Å². The van der Waals surface area contributed by atoms with Gasteiger partial charge < -0.3 is 4.74 Å². The van der Waals surface area contributed by atoms with Gasteiger partial charge in [-0.05, 0) is 58.5 Å². The zero-order valence-corrected chi connectivity index (χ0v) is 23.8. The van der Waals surface area contributed by atoms with Crippen LogP contribution in [-0.2, 0) is 26.2 Å². The number of nitrogens with one attached hydrogen (secondary N) is 1. The number of hydrazone groups is 1. The molecule has 3 aliphatic carbocycles. The van der Waals surface area contributed by atoms with Crippen molar-refractivity contribution in [3.05, 3.63) is 131 Å². The van der Waals surface area contributed by atoms with Gasteiger partial charge >= 0.3 is 0 Å². The molecule has 0 unspecified atom stereocenters. The Labute approximate surface area is 250 Å². The SMILES string of the molecule is CCCOc1ccc(N2C(=O)[C@@H]3C4c5ccccc5C(/C=N\NC(=O)Cc5ccccc5)(c5ccccc54)[C@@H]3C2=O)cc1. The molecule has 7 heteroatoms. The smallest absolute Gasteiger partial charge is 0.244 e. The quantitative estimate of drug-likeness (QED) is 0.176. The minimum Gasteiger partial charge on any atom is -0.494 e. The summed E-state index contributed by atoms with van der Waals surface area (Å²) in [4.78, 5) is 43.0. The Balaban J connectivity index is 1.31. The standard InChI is InChI=1S/C36H31N3O4/c1-2-20-43-25-18-16-24(17-19-25)39-34(41)32-31-26-12-6-8-14-28(26)36(33(32)35(39)42,29-15-9-7-13-27(29)31)22-37-38-30(40)21-23-10-4-3-5-11-23/h3-19,22,31-33H,2,20-21H2,1H3,(H,38,40)/b37-22-/t31?,32-,33+,36?/m1/s1. The molecule has 43 heavy (non-hydrogen) atoms. The number of amides is 3. The maximum absolute atomic E-state index is 14.5. The van der Waals surface area contributed by atoms with Crippen LogP contribution in [0.3, 0.4) is 0 Å². The Kier molecular flexibility index (Phi) is 6.65. The Bertz CT molecular complexity index is 1700. The van der Waals surface area contributed by atoms with Crippen LogP contribution in [0.2, 0.25) is 0 Å². The van der Waals surface area contributed by atoms with Crippen molar-refractivity contribution in [3.63, 3.8) is 0 Å². The molecule has 214 valence electrons. The Morgan fingerprint density at radius 3 is 2.14 bits per heavy atom. The molecular weight excluding hydrogens is 538 g/mol. The highest BCUT2D eigenvalue weighted by atomic mass is 16.5. The molecule has 3 amide bonds. The molecule has 1 N–H and O–H groups in total. The number of nitrogens with zero attached hydrogens (tertiary/aromatic N) is 2. The number of anilines is 1. The minimum absolute atomic E-state index is 0.176. The summed E-state index contributed by atoms with van der Waals surface area (Å²) in [5.74, 6) is -1.67. The molecule has 8 rings (SSSR count). The number of ether oxygens (including phenoxy) is 1. The van der Waals surface area contributed by atoms with Crippen LogP contribution in [-0.4, -0.2) is 30.5 Å². The van der Waals surface area contributed by atoms with E-state index in [4.69, 9.17) is 4.74 Å². The lowest BCUT2D eigenvalue weighted by molar-refractivity contribution is -0.123. The molecule has 4 aliphatic rings. The van der Waals surface area contributed by atoms with E-state index >= 15 is 0 Å². The molecular formula is C36H31N3O4. The van der Waals surface area contributed by atoms with Crippen molar-refractivity contribution in [1.29, 1.82) is 0 Å². The van der Waals surface area contributed by atoms with E-state index < -0.39 is 17.3 Å². The molecule has 1 heterocycles. The first-order chi connectivity index (χ1) is 21.0. The van der Waals surface area contributed by atoms with Crippen molar-refractivity contribution in [3.8, 4) is 5.75 Å². The molecule has 0 radical (unpaired) electrons. The number of rotatable bonds is 8. The Hall–Kier alpha value is -5.04. The van der Waals surface area contributed by atoms with Gasteiger partial charge in [-0.15, -0.1) is 0 Å². The van der Waals surface area contributed by atoms with E-state index in [1.807, 2.05) is 85.8 Å². The lowest BCUT2D eigenvalue weighted by atomic mass is 9.47. The van der Waals surface area contributed by atoms with E-state index in [1.54, 1.807) is 30.5 Å². The fourth-order valence-corrected chi connectivity index (χ4v) is 7.24. The number of hydrogen-bond acceptors (Lipinski definition) is 5. The summed E-state index contributed by atoms with van der Waals surface area (Å²) in [5.41, 5.74) is 6.94. The predicted octanol–water partition coefficient (Wildman–Crippen LogP) is 5.37.